The van der Waals surface area contributed by atoms with Gasteiger partial charge in [-0.25, -0.2) is 4.98 Å². The Morgan fingerprint density at radius 3 is 2.76 bits per heavy atom. The van der Waals surface area contributed by atoms with Gasteiger partial charge in [-0.05, 0) is 31.2 Å². The summed E-state index contributed by atoms with van der Waals surface area (Å²) in [5.74, 6) is 0.609. The van der Waals surface area contributed by atoms with Gasteiger partial charge in [0.1, 0.15) is 11.9 Å². The van der Waals surface area contributed by atoms with Gasteiger partial charge in [0.25, 0.3) is 0 Å². The molecular weight excluding hydrogens is 212 g/mol. The molecule has 0 saturated carbocycles. The lowest BCUT2D eigenvalue weighted by atomic mass is 10.2. The second kappa shape index (κ2) is 5.08. The van der Waals surface area contributed by atoms with Crippen LogP contribution < -0.4 is 5.32 Å². The highest BCUT2D eigenvalue weighted by atomic mass is 15.0. The maximum Gasteiger partial charge on any atom is 0.144 e. The van der Waals surface area contributed by atoms with Crippen LogP contribution in [0, 0.1) is 11.3 Å². The standard InChI is InChI=1S/C13H12N4/c1-2-15-13-10(9-14)6-7-12(17-13)11-5-3-4-8-16-11/h3-8H,2H2,1H3,(H,15,17). The summed E-state index contributed by atoms with van der Waals surface area (Å²) < 4.78 is 0. The molecule has 0 aliphatic heterocycles. The summed E-state index contributed by atoms with van der Waals surface area (Å²) >= 11 is 0. The SMILES string of the molecule is CCNc1nc(-c2ccccn2)ccc1C#N. The summed E-state index contributed by atoms with van der Waals surface area (Å²) in [4.78, 5) is 8.64. The van der Waals surface area contributed by atoms with Crippen LogP contribution in [0.15, 0.2) is 36.5 Å². The van der Waals surface area contributed by atoms with Gasteiger partial charge in [0.15, 0.2) is 0 Å². The average Bonchev–Trinajstić information content (AvgIpc) is 2.40. The maximum absolute atomic E-state index is 8.96. The molecule has 84 valence electrons. The van der Waals surface area contributed by atoms with Crippen molar-refractivity contribution in [3.05, 3.63) is 42.1 Å². The Bertz CT molecular complexity index is 543. The minimum atomic E-state index is 0.548. The number of hydrogen-bond donors (Lipinski definition) is 1. The van der Waals surface area contributed by atoms with E-state index in [9.17, 15) is 0 Å². The lowest BCUT2D eigenvalue weighted by Crippen LogP contribution is -2.02. The maximum atomic E-state index is 8.96. The molecular formula is C13H12N4. The summed E-state index contributed by atoms with van der Waals surface area (Å²) in [7, 11) is 0. The van der Waals surface area contributed by atoms with Crippen LogP contribution in [0.25, 0.3) is 11.4 Å². The summed E-state index contributed by atoms with van der Waals surface area (Å²) in [5, 5.41) is 12.0. The fourth-order valence-corrected chi connectivity index (χ4v) is 1.51. The molecule has 0 radical (unpaired) electrons. The molecule has 0 aromatic carbocycles. The Labute approximate surface area is 100.0 Å². The predicted octanol–water partition coefficient (Wildman–Crippen LogP) is 2.45. The van der Waals surface area contributed by atoms with Crippen molar-refractivity contribution in [1.82, 2.24) is 9.97 Å². The molecule has 0 unspecified atom stereocenters. The van der Waals surface area contributed by atoms with Gasteiger partial charge >= 0.3 is 0 Å². The van der Waals surface area contributed by atoms with Crippen LogP contribution in [0.3, 0.4) is 0 Å². The zero-order valence-corrected chi connectivity index (χ0v) is 9.51. The molecule has 0 aliphatic carbocycles. The molecule has 2 aromatic heterocycles. The smallest absolute Gasteiger partial charge is 0.144 e. The molecule has 0 aliphatic rings. The van der Waals surface area contributed by atoms with Crippen molar-refractivity contribution in [2.45, 2.75) is 6.92 Å². The molecule has 0 bridgehead atoms. The van der Waals surface area contributed by atoms with E-state index in [-0.39, 0.29) is 0 Å². The molecule has 0 fully saturated rings. The quantitative estimate of drug-likeness (QED) is 0.869. The van der Waals surface area contributed by atoms with E-state index in [1.54, 1.807) is 12.3 Å². The van der Waals surface area contributed by atoms with Crippen molar-refractivity contribution in [2.75, 3.05) is 11.9 Å². The zero-order valence-electron chi connectivity index (χ0n) is 9.51. The first-order valence-corrected chi connectivity index (χ1v) is 5.41. The fraction of sp³-hybridized carbons (Fsp3) is 0.154. The summed E-state index contributed by atoms with van der Waals surface area (Å²) in [5.41, 5.74) is 2.11. The first kappa shape index (κ1) is 11.1. The molecule has 1 N–H and O–H groups in total. The summed E-state index contributed by atoms with van der Waals surface area (Å²) in [6.45, 7) is 2.70. The molecule has 0 amide bonds. The largest absolute Gasteiger partial charge is 0.369 e. The Balaban J connectivity index is 2.45. The third-order valence-corrected chi connectivity index (χ3v) is 2.29. The minimum Gasteiger partial charge on any atom is -0.369 e. The third kappa shape index (κ3) is 2.40. The summed E-state index contributed by atoms with van der Waals surface area (Å²) in [6.07, 6.45) is 1.72. The van der Waals surface area contributed by atoms with Gasteiger partial charge in [-0.3, -0.25) is 4.98 Å². The number of anilines is 1. The Morgan fingerprint density at radius 2 is 2.12 bits per heavy atom. The molecule has 17 heavy (non-hydrogen) atoms. The highest BCUT2D eigenvalue weighted by Gasteiger charge is 2.06. The van der Waals surface area contributed by atoms with Crippen LogP contribution in [-0.2, 0) is 0 Å². The third-order valence-electron chi connectivity index (χ3n) is 2.29. The second-order valence-electron chi connectivity index (χ2n) is 3.45. The minimum absolute atomic E-state index is 0.548. The van der Waals surface area contributed by atoms with E-state index in [1.165, 1.54) is 0 Å². The van der Waals surface area contributed by atoms with E-state index in [1.807, 2.05) is 31.2 Å². The van der Waals surface area contributed by atoms with Crippen LogP contribution >= 0.6 is 0 Å². The highest BCUT2D eigenvalue weighted by molar-refractivity contribution is 5.61. The van der Waals surface area contributed by atoms with Gasteiger partial charge in [0, 0.05) is 12.7 Å². The highest BCUT2D eigenvalue weighted by Crippen LogP contribution is 2.19. The predicted molar refractivity (Wildman–Crippen MR) is 66.3 cm³/mol. The molecule has 2 aromatic rings. The molecule has 2 rings (SSSR count). The van der Waals surface area contributed by atoms with Crippen molar-refractivity contribution in [2.24, 2.45) is 0 Å². The van der Waals surface area contributed by atoms with Crippen LogP contribution in [0.5, 0.6) is 0 Å². The van der Waals surface area contributed by atoms with Crippen molar-refractivity contribution in [3.63, 3.8) is 0 Å². The number of nitrogens with one attached hydrogen (secondary N) is 1. The van der Waals surface area contributed by atoms with Gasteiger partial charge in [-0.2, -0.15) is 5.26 Å². The van der Waals surface area contributed by atoms with Crippen molar-refractivity contribution >= 4 is 5.82 Å². The van der Waals surface area contributed by atoms with Gasteiger partial charge in [-0.15, -0.1) is 0 Å². The lowest BCUT2D eigenvalue weighted by molar-refractivity contribution is 1.14. The van der Waals surface area contributed by atoms with E-state index in [0.29, 0.717) is 11.4 Å². The summed E-state index contributed by atoms with van der Waals surface area (Å²) in [6, 6.07) is 11.3. The van der Waals surface area contributed by atoms with Crippen LogP contribution in [0.1, 0.15) is 12.5 Å². The monoisotopic (exact) mass is 224 g/mol. The molecule has 4 heteroatoms. The van der Waals surface area contributed by atoms with E-state index >= 15 is 0 Å². The normalized spacial score (nSPS) is 9.65. The molecule has 0 saturated heterocycles. The van der Waals surface area contributed by atoms with Crippen molar-refractivity contribution in [3.8, 4) is 17.5 Å². The number of hydrogen-bond acceptors (Lipinski definition) is 4. The first-order valence-electron chi connectivity index (χ1n) is 5.41. The van der Waals surface area contributed by atoms with E-state index in [4.69, 9.17) is 5.26 Å². The molecule has 2 heterocycles. The first-order chi connectivity index (χ1) is 8.35. The number of nitrogens with zero attached hydrogens (tertiary/aromatic N) is 3. The number of rotatable bonds is 3. The van der Waals surface area contributed by atoms with Crippen LogP contribution in [-0.4, -0.2) is 16.5 Å². The van der Waals surface area contributed by atoms with Gasteiger partial charge in [0.05, 0.1) is 17.0 Å². The second-order valence-corrected chi connectivity index (χ2v) is 3.45. The Kier molecular flexibility index (Phi) is 3.31. The van der Waals surface area contributed by atoms with Crippen LogP contribution in [0.2, 0.25) is 0 Å². The Morgan fingerprint density at radius 1 is 1.24 bits per heavy atom. The fourth-order valence-electron chi connectivity index (χ4n) is 1.51. The average molecular weight is 224 g/mol. The Hall–Kier alpha value is -2.41. The van der Waals surface area contributed by atoms with Gasteiger partial charge in [-0.1, -0.05) is 6.07 Å². The number of aromatic nitrogens is 2. The van der Waals surface area contributed by atoms with Crippen LogP contribution in [0.4, 0.5) is 5.82 Å². The lowest BCUT2D eigenvalue weighted by Gasteiger charge is -2.06. The number of pyridine rings is 2. The topological polar surface area (TPSA) is 61.6 Å². The molecule has 0 spiro atoms. The van der Waals surface area contributed by atoms with E-state index < -0.39 is 0 Å². The van der Waals surface area contributed by atoms with Gasteiger partial charge in [0.2, 0.25) is 0 Å². The molecule has 0 atom stereocenters. The zero-order chi connectivity index (χ0) is 12.1. The van der Waals surface area contributed by atoms with Crippen molar-refractivity contribution in [1.29, 1.82) is 5.26 Å². The van der Waals surface area contributed by atoms with Crippen molar-refractivity contribution < 1.29 is 0 Å². The van der Waals surface area contributed by atoms with Gasteiger partial charge < -0.3 is 5.32 Å². The van der Waals surface area contributed by atoms with E-state index in [0.717, 1.165) is 17.9 Å². The molecule has 4 nitrogen and oxygen atoms in total. The number of nitriles is 1. The van der Waals surface area contributed by atoms with E-state index in [2.05, 4.69) is 21.4 Å².